The summed E-state index contributed by atoms with van der Waals surface area (Å²) in [5.41, 5.74) is 1.88. The fraction of sp³-hybridized carbons (Fsp3) is 0.130. The molecule has 32 heavy (non-hydrogen) atoms. The van der Waals surface area contributed by atoms with Gasteiger partial charge in [-0.05, 0) is 48.4 Å². The summed E-state index contributed by atoms with van der Waals surface area (Å²) in [6.07, 6.45) is -4.67. The lowest BCUT2D eigenvalue weighted by Gasteiger charge is -2.18. The van der Waals surface area contributed by atoms with E-state index < -0.39 is 22.9 Å². The number of benzene rings is 3. The summed E-state index contributed by atoms with van der Waals surface area (Å²) in [4.78, 5) is 20.9. The number of hydrogen-bond acceptors (Lipinski definition) is 3. The molecular formula is C23H17ClF3N3OS. The summed E-state index contributed by atoms with van der Waals surface area (Å²) in [5.74, 6) is -0.606. The van der Waals surface area contributed by atoms with Crippen LogP contribution in [0.2, 0.25) is 5.02 Å². The molecule has 1 atom stereocenters. The highest BCUT2D eigenvalue weighted by molar-refractivity contribution is 8.00. The van der Waals surface area contributed by atoms with Crippen molar-refractivity contribution in [2.45, 2.75) is 23.5 Å². The van der Waals surface area contributed by atoms with Gasteiger partial charge in [0, 0.05) is 5.02 Å². The number of thioether (sulfide) groups is 1. The smallest absolute Gasteiger partial charge is 0.333 e. The molecule has 0 bridgehead atoms. The van der Waals surface area contributed by atoms with Crippen LogP contribution < -0.4 is 5.32 Å². The number of alkyl halides is 3. The van der Waals surface area contributed by atoms with Crippen LogP contribution in [0, 0.1) is 6.92 Å². The second kappa shape index (κ2) is 8.88. The van der Waals surface area contributed by atoms with Gasteiger partial charge in [0.1, 0.15) is 5.25 Å². The van der Waals surface area contributed by atoms with Crippen molar-refractivity contribution in [3.05, 3.63) is 88.4 Å². The quantitative estimate of drug-likeness (QED) is 0.305. The fourth-order valence-electron chi connectivity index (χ4n) is 3.23. The molecule has 2 N–H and O–H groups in total. The van der Waals surface area contributed by atoms with E-state index in [0.717, 1.165) is 40.5 Å². The van der Waals surface area contributed by atoms with Crippen LogP contribution in [0.4, 0.5) is 18.9 Å². The van der Waals surface area contributed by atoms with Crippen molar-refractivity contribution in [3.8, 4) is 0 Å². The molecule has 0 aliphatic heterocycles. The maximum Gasteiger partial charge on any atom is 0.418 e. The van der Waals surface area contributed by atoms with Crippen molar-refractivity contribution in [1.29, 1.82) is 0 Å². The number of H-pyrrole nitrogens is 1. The monoisotopic (exact) mass is 475 g/mol. The lowest BCUT2D eigenvalue weighted by atomic mass is 10.1. The third kappa shape index (κ3) is 4.92. The molecule has 0 aliphatic rings. The molecule has 4 nitrogen and oxygen atoms in total. The van der Waals surface area contributed by atoms with Crippen molar-refractivity contribution < 1.29 is 18.0 Å². The van der Waals surface area contributed by atoms with E-state index in [0.29, 0.717) is 10.7 Å². The van der Waals surface area contributed by atoms with Gasteiger partial charge in [-0.2, -0.15) is 13.2 Å². The number of carbonyl (C=O) groups is 1. The summed E-state index contributed by atoms with van der Waals surface area (Å²) in [7, 11) is 0. The van der Waals surface area contributed by atoms with Crippen LogP contribution >= 0.6 is 23.4 Å². The number of imidazole rings is 1. The number of aryl methyl sites for hydroxylation is 1. The number of carbonyl (C=O) groups excluding carboxylic acids is 1. The fourth-order valence-corrected chi connectivity index (χ4v) is 4.40. The minimum absolute atomic E-state index is 0.0677. The molecule has 0 radical (unpaired) electrons. The highest BCUT2D eigenvalue weighted by Crippen LogP contribution is 2.39. The Morgan fingerprint density at radius 2 is 1.84 bits per heavy atom. The predicted molar refractivity (Wildman–Crippen MR) is 121 cm³/mol. The van der Waals surface area contributed by atoms with E-state index >= 15 is 0 Å². The molecule has 164 valence electrons. The molecule has 0 aliphatic carbocycles. The minimum Gasteiger partial charge on any atom is -0.333 e. The Balaban J connectivity index is 1.67. The number of anilines is 1. The first kappa shape index (κ1) is 22.2. The zero-order valence-electron chi connectivity index (χ0n) is 16.7. The van der Waals surface area contributed by atoms with Gasteiger partial charge >= 0.3 is 6.18 Å². The first-order valence-corrected chi connectivity index (χ1v) is 10.8. The second-order valence-electron chi connectivity index (χ2n) is 7.15. The average Bonchev–Trinajstić information content (AvgIpc) is 3.14. The van der Waals surface area contributed by atoms with Gasteiger partial charge in [0.25, 0.3) is 0 Å². The van der Waals surface area contributed by atoms with Gasteiger partial charge in [-0.25, -0.2) is 4.98 Å². The highest BCUT2D eigenvalue weighted by atomic mass is 35.5. The largest absolute Gasteiger partial charge is 0.418 e. The van der Waals surface area contributed by atoms with E-state index in [1.54, 1.807) is 30.3 Å². The molecule has 1 amide bonds. The molecule has 1 unspecified atom stereocenters. The Kier molecular flexibility index (Phi) is 6.17. The Morgan fingerprint density at radius 3 is 2.56 bits per heavy atom. The highest BCUT2D eigenvalue weighted by Gasteiger charge is 2.35. The maximum atomic E-state index is 13.5. The summed E-state index contributed by atoms with van der Waals surface area (Å²) in [6.45, 7) is 1.96. The summed E-state index contributed by atoms with van der Waals surface area (Å²) < 4.78 is 40.4. The van der Waals surface area contributed by atoms with Crippen LogP contribution in [-0.2, 0) is 11.0 Å². The number of rotatable bonds is 5. The zero-order valence-corrected chi connectivity index (χ0v) is 18.3. The normalized spacial score (nSPS) is 12.7. The van der Waals surface area contributed by atoms with Crippen molar-refractivity contribution in [1.82, 2.24) is 9.97 Å². The van der Waals surface area contributed by atoms with Gasteiger partial charge in [-0.3, -0.25) is 4.79 Å². The first-order valence-electron chi connectivity index (χ1n) is 9.56. The molecule has 0 saturated heterocycles. The average molecular weight is 476 g/mol. The van der Waals surface area contributed by atoms with Crippen LogP contribution in [-0.4, -0.2) is 15.9 Å². The zero-order chi connectivity index (χ0) is 22.9. The number of hydrogen-bond donors (Lipinski definition) is 2. The summed E-state index contributed by atoms with van der Waals surface area (Å²) in [6, 6.07) is 17.8. The van der Waals surface area contributed by atoms with Crippen LogP contribution in [0.1, 0.15) is 21.9 Å². The van der Waals surface area contributed by atoms with Gasteiger partial charge in [-0.15, -0.1) is 0 Å². The van der Waals surface area contributed by atoms with E-state index in [4.69, 9.17) is 11.6 Å². The lowest BCUT2D eigenvalue weighted by Crippen LogP contribution is -2.21. The van der Waals surface area contributed by atoms with Crippen LogP contribution in [0.15, 0.2) is 71.9 Å². The van der Waals surface area contributed by atoms with E-state index in [1.807, 2.05) is 25.1 Å². The Bertz CT molecular complexity index is 1270. The molecular weight excluding hydrogens is 459 g/mol. The number of halogens is 4. The van der Waals surface area contributed by atoms with Crippen molar-refractivity contribution in [2.24, 2.45) is 0 Å². The summed E-state index contributed by atoms with van der Waals surface area (Å²) >= 11 is 6.88. The van der Waals surface area contributed by atoms with Crippen LogP contribution in [0.25, 0.3) is 11.0 Å². The molecule has 0 saturated carbocycles. The van der Waals surface area contributed by atoms with E-state index in [-0.39, 0.29) is 10.7 Å². The van der Waals surface area contributed by atoms with Crippen molar-refractivity contribution in [3.63, 3.8) is 0 Å². The molecule has 1 heterocycles. The number of aromatic nitrogens is 2. The lowest BCUT2D eigenvalue weighted by molar-refractivity contribution is -0.137. The summed E-state index contributed by atoms with van der Waals surface area (Å²) in [5, 5.41) is 2.01. The molecule has 4 aromatic rings. The van der Waals surface area contributed by atoms with Crippen LogP contribution in [0.3, 0.4) is 0 Å². The number of aromatic amines is 1. The Hall–Kier alpha value is -2.97. The number of nitrogens with zero attached hydrogens (tertiary/aromatic N) is 1. The van der Waals surface area contributed by atoms with E-state index in [2.05, 4.69) is 15.3 Å². The standard InChI is InChI=1S/C23H17ClF3N3OS/c1-13-7-9-18-19(11-13)30-22(29-18)32-20(14-5-3-2-4-6-14)21(31)28-17-10-8-15(24)12-16(17)23(25,26)27/h2-12,20H,1H3,(H,28,31)(H,29,30). The Morgan fingerprint density at radius 1 is 1.09 bits per heavy atom. The van der Waals surface area contributed by atoms with Crippen molar-refractivity contribution >= 4 is 46.0 Å². The number of amides is 1. The third-order valence-electron chi connectivity index (χ3n) is 4.73. The van der Waals surface area contributed by atoms with Gasteiger partial charge in [-0.1, -0.05) is 59.8 Å². The molecule has 3 aromatic carbocycles. The second-order valence-corrected chi connectivity index (χ2v) is 8.68. The number of nitrogens with one attached hydrogen (secondary N) is 2. The first-order chi connectivity index (χ1) is 15.2. The van der Waals surface area contributed by atoms with E-state index in [9.17, 15) is 18.0 Å². The maximum absolute atomic E-state index is 13.5. The molecule has 0 spiro atoms. The SMILES string of the molecule is Cc1ccc2nc(SC(C(=O)Nc3ccc(Cl)cc3C(F)(F)F)c3ccccc3)[nH]c2c1. The molecule has 1 aromatic heterocycles. The van der Waals surface area contributed by atoms with Gasteiger partial charge in [0.2, 0.25) is 5.91 Å². The van der Waals surface area contributed by atoms with Crippen LogP contribution in [0.5, 0.6) is 0 Å². The molecule has 9 heteroatoms. The van der Waals surface area contributed by atoms with Crippen molar-refractivity contribution in [2.75, 3.05) is 5.32 Å². The van der Waals surface area contributed by atoms with E-state index in [1.165, 1.54) is 6.07 Å². The third-order valence-corrected chi connectivity index (χ3v) is 6.10. The predicted octanol–water partition coefficient (Wildman–Crippen LogP) is 7.02. The number of fused-ring (bicyclic) bond motifs is 1. The minimum atomic E-state index is -4.67. The van der Waals surface area contributed by atoms with Gasteiger partial charge in [0.15, 0.2) is 5.16 Å². The molecule has 4 rings (SSSR count). The van der Waals surface area contributed by atoms with Gasteiger partial charge in [0.05, 0.1) is 22.3 Å². The topological polar surface area (TPSA) is 57.8 Å². The van der Waals surface area contributed by atoms with Gasteiger partial charge < -0.3 is 10.3 Å². The Labute approximate surface area is 191 Å². The molecule has 0 fully saturated rings.